The van der Waals surface area contributed by atoms with Gasteiger partial charge in [-0.05, 0) is 64.6 Å². The van der Waals surface area contributed by atoms with E-state index in [1.807, 2.05) is 7.11 Å². The van der Waals surface area contributed by atoms with E-state index in [2.05, 4.69) is 17.1 Å². The van der Waals surface area contributed by atoms with Crippen LogP contribution < -0.4 is 5.32 Å². The molecule has 2 fully saturated rings. The smallest absolute Gasteiger partial charge is 0.0462 e. The molecule has 0 spiro atoms. The van der Waals surface area contributed by atoms with Gasteiger partial charge in [0.05, 0.1) is 0 Å². The molecule has 1 atom stereocenters. The lowest BCUT2D eigenvalue weighted by Crippen LogP contribution is -2.61. The first-order valence-electron chi connectivity index (χ1n) is 9.31. The third-order valence-corrected chi connectivity index (χ3v) is 5.59. The maximum atomic E-state index is 5.30. The van der Waals surface area contributed by atoms with Gasteiger partial charge in [0.1, 0.15) is 0 Å². The molecule has 0 bridgehead atoms. The third-order valence-electron chi connectivity index (χ3n) is 5.59. The number of hydrogen-bond acceptors (Lipinski definition) is 3. The lowest BCUT2D eigenvalue weighted by Gasteiger charge is -2.49. The molecule has 21 heavy (non-hydrogen) atoms. The quantitative estimate of drug-likeness (QED) is 0.658. The van der Waals surface area contributed by atoms with E-state index >= 15 is 0 Å². The zero-order valence-electron chi connectivity index (χ0n) is 14.3. The van der Waals surface area contributed by atoms with Crippen LogP contribution >= 0.6 is 0 Å². The van der Waals surface area contributed by atoms with Crippen molar-refractivity contribution in [1.29, 1.82) is 0 Å². The van der Waals surface area contributed by atoms with Gasteiger partial charge in [-0.1, -0.05) is 26.2 Å². The van der Waals surface area contributed by atoms with Crippen LogP contribution in [0.2, 0.25) is 0 Å². The fourth-order valence-corrected chi connectivity index (χ4v) is 4.52. The highest BCUT2D eigenvalue weighted by atomic mass is 16.5. The number of nitrogens with one attached hydrogen (secondary N) is 1. The molecule has 2 aliphatic rings. The summed E-state index contributed by atoms with van der Waals surface area (Å²) >= 11 is 0. The van der Waals surface area contributed by atoms with Crippen molar-refractivity contribution in [2.75, 3.05) is 33.4 Å². The summed E-state index contributed by atoms with van der Waals surface area (Å²) in [4.78, 5) is 2.86. The van der Waals surface area contributed by atoms with E-state index in [4.69, 9.17) is 4.74 Å². The van der Waals surface area contributed by atoms with E-state index < -0.39 is 0 Å². The first kappa shape index (κ1) is 17.2. The molecule has 1 saturated carbocycles. The standard InChI is InChI=1S/C18H36N2O/c1-3-13-19-17(10-9-16-21-2)18(11-5-6-12-18)20-14-7-4-8-15-20/h17,19H,3-16H2,1-2H3. The molecule has 0 aromatic carbocycles. The molecule has 124 valence electrons. The second-order valence-corrected chi connectivity index (χ2v) is 7.00. The van der Waals surface area contributed by atoms with Gasteiger partial charge in [-0.15, -0.1) is 0 Å². The van der Waals surface area contributed by atoms with E-state index in [1.165, 1.54) is 77.3 Å². The van der Waals surface area contributed by atoms with Crippen molar-refractivity contribution in [3.63, 3.8) is 0 Å². The molecule has 1 N–H and O–H groups in total. The minimum absolute atomic E-state index is 0.448. The number of nitrogens with zero attached hydrogens (tertiary/aromatic N) is 1. The first-order chi connectivity index (χ1) is 10.3. The number of ether oxygens (including phenoxy) is 1. The van der Waals surface area contributed by atoms with Crippen LogP contribution in [-0.2, 0) is 4.74 Å². The highest BCUT2D eigenvalue weighted by molar-refractivity contribution is 5.04. The van der Waals surface area contributed by atoms with Crippen molar-refractivity contribution in [2.45, 2.75) is 82.7 Å². The Kier molecular flexibility index (Phi) is 7.48. The number of rotatable bonds is 9. The molecular formula is C18H36N2O. The van der Waals surface area contributed by atoms with E-state index in [0.29, 0.717) is 11.6 Å². The maximum absolute atomic E-state index is 5.30. The van der Waals surface area contributed by atoms with Crippen LogP contribution in [0.15, 0.2) is 0 Å². The van der Waals surface area contributed by atoms with Crippen LogP contribution in [0, 0.1) is 0 Å². The topological polar surface area (TPSA) is 24.5 Å². The molecule has 1 unspecified atom stereocenters. The number of hydrogen-bond donors (Lipinski definition) is 1. The SMILES string of the molecule is CCCNC(CCCOC)C1(N2CCCCC2)CCCC1. The minimum Gasteiger partial charge on any atom is -0.385 e. The predicted octanol–water partition coefficient (Wildman–Crippen LogP) is 3.58. The van der Waals surface area contributed by atoms with Crippen molar-refractivity contribution in [1.82, 2.24) is 10.2 Å². The van der Waals surface area contributed by atoms with Crippen LogP contribution in [0.3, 0.4) is 0 Å². The second-order valence-electron chi connectivity index (χ2n) is 7.00. The summed E-state index contributed by atoms with van der Waals surface area (Å²) in [5, 5.41) is 3.91. The third kappa shape index (κ3) is 4.43. The summed E-state index contributed by atoms with van der Waals surface area (Å²) in [5.74, 6) is 0. The van der Waals surface area contributed by atoms with Gasteiger partial charge in [0.25, 0.3) is 0 Å². The van der Waals surface area contributed by atoms with Crippen LogP contribution in [0.5, 0.6) is 0 Å². The molecule has 1 aliphatic heterocycles. The summed E-state index contributed by atoms with van der Waals surface area (Å²) in [6.07, 6.45) is 13.6. The Morgan fingerprint density at radius 3 is 2.43 bits per heavy atom. The van der Waals surface area contributed by atoms with Crippen LogP contribution in [-0.4, -0.2) is 49.8 Å². The maximum Gasteiger partial charge on any atom is 0.0462 e. The van der Waals surface area contributed by atoms with Gasteiger partial charge < -0.3 is 10.1 Å². The Labute approximate surface area is 131 Å². The Morgan fingerprint density at radius 2 is 1.81 bits per heavy atom. The average molecular weight is 296 g/mol. The Bertz CT molecular complexity index is 270. The van der Waals surface area contributed by atoms with Crippen molar-refractivity contribution >= 4 is 0 Å². The summed E-state index contributed by atoms with van der Waals surface area (Å²) in [7, 11) is 1.82. The lowest BCUT2D eigenvalue weighted by atomic mass is 9.82. The van der Waals surface area contributed by atoms with Gasteiger partial charge in [0.2, 0.25) is 0 Å². The zero-order valence-corrected chi connectivity index (χ0v) is 14.3. The van der Waals surface area contributed by atoms with Crippen LogP contribution in [0.25, 0.3) is 0 Å². The molecule has 2 rings (SSSR count). The summed E-state index contributed by atoms with van der Waals surface area (Å²) < 4.78 is 5.30. The molecule has 3 heteroatoms. The van der Waals surface area contributed by atoms with E-state index in [0.717, 1.165) is 13.2 Å². The van der Waals surface area contributed by atoms with Crippen LogP contribution in [0.4, 0.5) is 0 Å². The van der Waals surface area contributed by atoms with Gasteiger partial charge >= 0.3 is 0 Å². The van der Waals surface area contributed by atoms with Crippen LogP contribution in [0.1, 0.15) is 71.1 Å². The molecule has 1 heterocycles. The summed E-state index contributed by atoms with van der Waals surface area (Å²) in [5.41, 5.74) is 0.448. The predicted molar refractivity (Wildman–Crippen MR) is 89.8 cm³/mol. The van der Waals surface area contributed by atoms with Gasteiger partial charge in [0.15, 0.2) is 0 Å². The molecule has 0 aromatic heterocycles. The minimum atomic E-state index is 0.448. The zero-order chi connectivity index (χ0) is 15.0. The van der Waals surface area contributed by atoms with Gasteiger partial charge in [-0.2, -0.15) is 0 Å². The molecule has 0 radical (unpaired) electrons. The summed E-state index contributed by atoms with van der Waals surface area (Å²) in [6.45, 7) is 7.00. The average Bonchev–Trinajstić information content (AvgIpc) is 3.02. The highest BCUT2D eigenvalue weighted by Gasteiger charge is 2.45. The Balaban J connectivity index is 2.05. The fraction of sp³-hybridized carbons (Fsp3) is 1.00. The highest BCUT2D eigenvalue weighted by Crippen LogP contribution is 2.41. The monoisotopic (exact) mass is 296 g/mol. The van der Waals surface area contributed by atoms with Crippen molar-refractivity contribution < 1.29 is 4.74 Å². The van der Waals surface area contributed by atoms with Gasteiger partial charge in [-0.25, -0.2) is 0 Å². The molecule has 0 aromatic rings. The Morgan fingerprint density at radius 1 is 1.10 bits per heavy atom. The largest absolute Gasteiger partial charge is 0.385 e. The first-order valence-corrected chi connectivity index (χ1v) is 9.31. The van der Waals surface area contributed by atoms with Crippen molar-refractivity contribution in [3.05, 3.63) is 0 Å². The molecular weight excluding hydrogens is 260 g/mol. The molecule has 1 aliphatic carbocycles. The number of methoxy groups -OCH3 is 1. The molecule has 3 nitrogen and oxygen atoms in total. The van der Waals surface area contributed by atoms with Gasteiger partial charge in [0, 0.05) is 25.3 Å². The second kappa shape index (κ2) is 9.12. The molecule has 0 amide bonds. The molecule has 1 saturated heterocycles. The van der Waals surface area contributed by atoms with E-state index in [-0.39, 0.29) is 0 Å². The normalized spacial score (nSPS) is 24.3. The van der Waals surface area contributed by atoms with E-state index in [1.54, 1.807) is 0 Å². The van der Waals surface area contributed by atoms with Crippen molar-refractivity contribution in [2.24, 2.45) is 0 Å². The number of piperidine rings is 1. The fourth-order valence-electron chi connectivity index (χ4n) is 4.52. The summed E-state index contributed by atoms with van der Waals surface area (Å²) in [6, 6.07) is 0.660. The Hall–Kier alpha value is -0.120. The van der Waals surface area contributed by atoms with Gasteiger partial charge in [-0.3, -0.25) is 4.90 Å². The number of likely N-dealkylation sites (tertiary alicyclic amines) is 1. The lowest BCUT2D eigenvalue weighted by molar-refractivity contribution is 0.0311. The van der Waals surface area contributed by atoms with E-state index in [9.17, 15) is 0 Å². The van der Waals surface area contributed by atoms with Crippen molar-refractivity contribution in [3.8, 4) is 0 Å².